The summed E-state index contributed by atoms with van der Waals surface area (Å²) < 4.78 is 32.5. The Balaban J connectivity index is 4.34. The van der Waals surface area contributed by atoms with Gasteiger partial charge in [0, 0.05) is 25.9 Å². The van der Waals surface area contributed by atoms with Gasteiger partial charge >= 0.3 is 18.0 Å². The first kappa shape index (κ1) is 56.5. The summed E-state index contributed by atoms with van der Waals surface area (Å²) >= 11 is 0. The Hall–Kier alpha value is -2.47. The van der Waals surface area contributed by atoms with Crippen LogP contribution in [0.5, 0.6) is 0 Å². The second-order valence-corrected chi connectivity index (χ2v) is 15.6. The van der Waals surface area contributed by atoms with Gasteiger partial charge in [0.15, 0.2) is 6.10 Å². The Morgan fingerprint density at radius 1 is 0.475 bits per heavy atom. The van der Waals surface area contributed by atoms with Crippen molar-refractivity contribution in [1.29, 1.82) is 0 Å². The quantitative estimate of drug-likeness (QED) is 0.0263. The number of carbonyl (C=O) groups is 3. The maximum Gasteiger partial charge on any atom is 0.407 e. The fourth-order valence-corrected chi connectivity index (χ4v) is 6.36. The van der Waals surface area contributed by atoms with E-state index < -0.39 is 12.2 Å². The lowest BCUT2D eigenvalue weighted by atomic mass is 10.1. The molecule has 346 valence electrons. The van der Waals surface area contributed by atoms with E-state index in [1.165, 1.54) is 103 Å². The zero-order valence-electron chi connectivity index (χ0n) is 38.0. The molecule has 0 saturated carbocycles. The number of carbonyl (C=O) groups excluding carboxylic acids is 3. The van der Waals surface area contributed by atoms with Crippen molar-refractivity contribution in [2.24, 2.45) is 5.73 Å². The molecule has 0 aliphatic carbocycles. The number of unbranched alkanes of at least 4 members (excludes halogenated alkanes) is 22. The molecule has 0 saturated heterocycles. The fraction of sp³-hybridized carbons (Fsp3) is 0.854. The van der Waals surface area contributed by atoms with Gasteiger partial charge < -0.3 is 39.5 Å². The Labute approximate surface area is 361 Å². The summed E-state index contributed by atoms with van der Waals surface area (Å²) in [6.45, 7) is 7.32. The standard InChI is InChI=1S/C48H90N2O9/c1-3-5-7-9-11-13-15-17-19-21-23-25-27-29-31-33-46(51)57-43-45(59-48(53)50-36-38-55-40-42-56-41-39-54-37-35-49)44-58-47(52)34-32-30-28-26-24-22-20-18-16-14-12-10-8-6-4-2/h17-20,45H,3-16,21-44,49H2,1-2H3,(H,50,53). The summed E-state index contributed by atoms with van der Waals surface area (Å²) in [7, 11) is 0. The number of hydrogen-bond acceptors (Lipinski definition) is 10. The van der Waals surface area contributed by atoms with Crippen LogP contribution in [-0.4, -0.2) is 90.1 Å². The largest absolute Gasteiger partial charge is 0.462 e. The van der Waals surface area contributed by atoms with Crippen LogP contribution in [0.1, 0.15) is 194 Å². The van der Waals surface area contributed by atoms with E-state index in [1.54, 1.807) is 0 Å². The molecule has 0 aliphatic rings. The third-order valence-electron chi connectivity index (χ3n) is 9.94. The first-order valence-electron chi connectivity index (χ1n) is 24.0. The molecule has 0 atom stereocenters. The molecular formula is C48H90N2O9. The number of allylic oxidation sites excluding steroid dienone is 4. The second kappa shape index (κ2) is 48.2. The molecule has 59 heavy (non-hydrogen) atoms. The van der Waals surface area contributed by atoms with Crippen molar-refractivity contribution in [2.45, 2.75) is 200 Å². The third-order valence-corrected chi connectivity index (χ3v) is 9.94. The average Bonchev–Trinajstić information content (AvgIpc) is 3.23. The van der Waals surface area contributed by atoms with Crippen molar-refractivity contribution < 1.29 is 42.8 Å². The molecule has 0 fully saturated rings. The van der Waals surface area contributed by atoms with E-state index in [-0.39, 0.29) is 38.3 Å². The molecule has 0 rings (SSSR count). The van der Waals surface area contributed by atoms with Gasteiger partial charge in [0.05, 0.1) is 39.6 Å². The zero-order chi connectivity index (χ0) is 43.0. The van der Waals surface area contributed by atoms with E-state index in [0.717, 1.165) is 64.2 Å². The third kappa shape index (κ3) is 46.4. The molecule has 11 heteroatoms. The lowest BCUT2D eigenvalue weighted by Crippen LogP contribution is -2.36. The molecule has 0 aromatic rings. The van der Waals surface area contributed by atoms with Gasteiger partial charge in [-0.25, -0.2) is 4.79 Å². The molecule has 0 radical (unpaired) electrons. The Morgan fingerprint density at radius 3 is 1.24 bits per heavy atom. The summed E-state index contributed by atoms with van der Waals surface area (Å²) in [5.74, 6) is -0.698. The number of rotatable bonds is 46. The minimum Gasteiger partial charge on any atom is -0.462 e. The fourth-order valence-electron chi connectivity index (χ4n) is 6.36. The lowest BCUT2D eigenvalue weighted by molar-refractivity contribution is -0.152. The summed E-state index contributed by atoms with van der Waals surface area (Å²) in [4.78, 5) is 37.6. The highest BCUT2D eigenvalue weighted by atomic mass is 16.6. The number of esters is 2. The van der Waals surface area contributed by atoms with E-state index in [2.05, 4.69) is 43.5 Å². The van der Waals surface area contributed by atoms with E-state index in [9.17, 15) is 14.4 Å². The van der Waals surface area contributed by atoms with Crippen LogP contribution < -0.4 is 11.1 Å². The Morgan fingerprint density at radius 2 is 0.831 bits per heavy atom. The van der Waals surface area contributed by atoms with Crippen molar-refractivity contribution in [1.82, 2.24) is 5.32 Å². The van der Waals surface area contributed by atoms with Gasteiger partial charge in [-0.1, -0.05) is 141 Å². The van der Waals surface area contributed by atoms with E-state index in [0.29, 0.717) is 52.4 Å². The Kier molecular flexibility index (Phi) is 46.2. The molecule has 1 amide bonds. The number of alkyl carbamates (subject to hydrolysis) is 1. The first-order valence-corrected chi connectivity index (χ1v) is 24.0. The van der Waals surface area contributed by atoms with Crippen molar-refractivity contribution in [3.63, 3.8) is 0 Å². The molecule has 0 aromatic carbocycles. The number of amides is 1. The van der Waals surface area contributed by atoms with E-state index in [1.807, 2.05) is 0 Å². The first-order chi connectivity index (χ1) is 29.0. The molecule has 11 nitrogen and oxygen atoms in total. The second-order valence-electron chi connectivity index (χ2n) is 15.6. The SMILES string of the molecule is CCCCCCCCC=CCCCCCCCC(=O)OCC(COC(=O)CCCCCCCC=CCCCCCCCC)OC(=O)NCCOCCOCCOCCN. The van der Waals surface area contributed by atoms with Crippen molar-refractivity contribution >= 4 is 18.0 Å². The normalized spacial score (nSPS) is 12.1. The van der Waals surface area contributed by atoms with Crippen LogP contribution in [0, 0.1) is 0 Å². The van der Waals surface area contributed by atoms with Gasteiger partial charge in [0.1, 0.15) is 13.2 Å². The van der Waals surface area contributed by atoms with Gasteiger partial charge in [-0.3, -0.25) is 9.59 Å². The zero-order valence-corrected chi connectivity index (χ0v) is 38.0. The topological polar surface area (TPSA) is 145 Å². The van der Waals surface area contributed by atoms with Crippen molar-refractivity contribution in [3.8, 4) is 0 Å². The van der Waals surface area contributed by atoms with Crippen molar-refractivity contribution in [3.05, 3.63) is 24.3 Å². The highest BCUT2D eigenvalue weighted by molar-refractivity contribution is 5.70. The molecule has 0 spiro atoms. The van der Waals surface area contributed by atoms with Gasteiger partial charge in [-0.05, 0) is 64.2 Å². The highest BCUT2D eigenvalue weighted by Crippen LogP contribution is 2.13. The number of nitrogens with two attached hydrogens (primary N) is 1. The maximum absolute atomic E-state index is 12.5. The predicted octanol–water partition coefficient (Wildman–Crippen LogP) is 11.3. The molecular weight excluding hydrogens is 749 g/mol. The molecule has 0 bridgehead atoms. The van der Waals surface area contributed by atoms with Gasteiger partial charge in [0.2, 0.25) is 0 Å². The molecule has 0 aliphatic heterocycles. The van der Waals surface area contributed by atoms with Gasteiger partial charge in [0.25, 0.3) is 0 Å². The Bertz CT molecular complexity index is 922. The minimum atomic E-state index is -0.915. The number of hydrogen-bond donors (Lipinski definition) is 2. The van der Waals surface area contributed by atoms with Crippen LogP contribution in [0.25, 0.3) is 0 Å². The number of nitrogens with one attached hydrogen (secondary N) is 1. The van der Waals surface area contributed by atoms with E-state index >= 15 is 0 Å². The summed E-state index contributed by atoms with van der Waals surface area (Å²) in [6, 6.07) is 0. The highest BCUT2D eigenvalue weighted by Gasteiger charge is 2.19. The minimum absolute atomic E-state index is 0.180. The average molecular weight is 839 g/mol. The predicted molar refractivity (Wildman–Crippen MR) is 241 cm³/mol. The van der Waals surface area contributed by atoms with Crippen LogP contribution in [-0.2, 0) is 38.0 Å². The van der Waals surface area contributed by atoms with Crippen molar-refractivity contribution in [2.75, 3.05) is 65.9 Å². The molecule has 0 unspecified atom stereocenters. The van der Waals surface area contributed by atoms with Gasteiger partial charge in [-0.15, -0.1) is 0 Å². The molecule has 0 aromatic heterocycles. The van der Waals surface area contributed by atoms with Crippen LogP contribution in [0.2, 0.25) is 0 Å². The summed E-state index contributed by atoms with van der Waals surface area (Å²) in [5, 5.41) is 2.63. The molecule has 0 heterocycles. The van der Waals surface area contributed by atoms with Crippen LogP contribution in [0.4, 0.5) is 4.79 Å². The van der Waals surface area contributed by atoms with Crippen LogP contribution >= 0.6 is 0 Å². The maximum atomic E-state index is 12.5. The lowest BCUT2D eigenvalue weighted by Gasteiger charge is -2.18. The van der Waals surface area contributed by atoms with Gasteiger partial charge in [-0.2, -0.15) is 0 Å². The van der Waals surface area contributed by atoms with Crippen LogP contribution in [0.3, 0.4) is 0 Å². The van der Waals surface area contributed by atoms with Crippen LogP contribution in [0.15, 0.2) is 24.3 Å². The molecule has 3 N–H and O–H groups in total. The van der Waals surface area contributed by atoms with E-state index in [4.69, 9.17) is 34.2 Å². The monoisotopic (exact) mass is 839 g/mol. The number of ether oxygens (including phenoxy) is 6. The smallest absolute Gasteiger partial charge is 0.407 e. The summed E-state index contributed by atoms with van der Waals surface area (Å²) in [6.07, 6.45) is 39.1. The summed E-state index contributed by atoms with van der Waals surface area (Å²) in [5.41, 5.74) is 5.38.